The molecule has 3 rings (SSSR count). The number of nitrogens with zero attached hydrogens (tertiary/aromatic N) is 1. The van der Waals surface area contributed by atoms with E-state index in [1.54, 1.807) is 17.7 Å². The van der Waals surface area contributed by atoms with E-state index in [0.717, 1.165) is 13.1 Å². The molecule has 21 heavy (non-hydrogen) atoms. The average Bonchev–Trinajstić information content (AvgIpc) is 2.44. The molecule has 0 unspecified atom stereocenters. The summed E-state index contributed by atoms with van der Waals surface area (Å²) in [6.07, 6.45) is 0. The fraction of sp³-hybridized carbons (Fsp3) is 0.368. The molecule has 0 aliphatic carbocycles. The van der Waals surface area contributed by atoms with Crippen LogP contribution in [0.3, 0.4) is 0 Å². The summed E-state index contributed by atoms with van der Waals surface area (Å²) in [5, 5.41) is 0. The van der Waals surface area contributed by atoms with Gasteiger partial charge in [-0.1, -0.05) is 0 Å². The molecule has 110 valence electrons. The Morgan fingerprint density at radius 2 is 1.24 bits per heavy atom. The molecule has 2 heteroatoms. The standard InChI is InChI=1S/C18H21N.CH3.Bi/c1-18(2,3)19(14-16-10-6-4-7-11-16)15-17-12-8-5-9-13-17;;/h4-10,12H,14-15H2,1-3H3;1H3;. The molecular formula is C19H24BiN. The summed E-state index contributed by atoms with van der Waals surface area (Å²) >= 11 is -1.79. The summed E-state index contributed by atoms with van der Waals surface area (Å²) in [5.41, 5.74) is 3.31. The molecule has 0 radical (unpaired) electrons. The van der Waals surface area contributed by atoms with Gasteiger partial charge in [-0.15, -0.1) is 0 Å². The second-order valence-corrected chi connectivity index (χ2v) is 14.9. The van der Waals surface area contributed by atoms with Gasteiger partial charge in [0.1, 0.15) is 0 Å². The molecule has 0 spiro atoms. The molecule has 1 aliphatic heterocycles. The fourth-order valence-electron chi connectivity index (χ4n) is 3.01. The first-order valence-corrected chi connectivity index (χ1v) is 14.6. The molecule has 0 saturated carbocycles. The number of hydrogen-bond acceptors (Lipinski definition) is 1. The Bertz CT molecular complexity index is 593. The zero-order chi connectivity index (χ0) is 15.0. The molecule has 0 N–H and O–H groups in total. The van der Waals surface area contributed by atoms with Crippen molar-refractivity contribution in [3.8, 4) is 0 Å². The van der Waals surface area contributed by atoms with Crippen LogP contribution in [0.15, 0.2) is 48.5 Å². The molecule has 1 aliphatic rings. The average molecular weight is 475 g/mol. The predicted octanol–water partition coefficient (Wildman–Crippen LogP) is 3.04. The van der Waals surface area contributed by atoms with Crippen LogP contribution in [-0.4, -0.2) is 32.2 Å². The van der Waals surface area contributed by atoms with Crippen molar-refractivity contribution < 1.29 is 0 Å². The first kappa shape index (κ1) is 15.2. The van der Waals surface area contributed by atoms with E-state index >= 15 is 0 Å². The van der Waals surface area contributed by atoms with Crippen LogP contribution in [0, 0.1) is 0 Å². The van der Waals surface area contributed by atoms with Gasteiger partial charge < -0.3 is 0 Å². The zero-order valence-corrected chi connectivity index (χ0v) is 16.9. The van der Waals surface area contributed by atoms with E-state index in [9.17, 15) is 0 Å². The van der Waals surface area contributed by atoms with E-state index in [-0.39, 0.29) is 5.54 Å². The molecular weight excluding hydrogens is 451 g/mol. The van der Waals surface area contributed by atoms with Crippen molar-refractivity contribution in [2.45, 2.75) is 44.0 Å². The number of rotatable bonds is 0. The molecule has 0 fully saturated rings. The van der Waals surface area contributed by atoms with Gasteiger partial charge in [-0.25, -0.2) is 0 Å². The third kappa shape index (κ3) is 3.07. The van der Waals surface area contributed by atoms with E-state index in [2.05, 4.69) is 78.8 Å². The maximum atomic E-state index is 2.61. The van der Waals surface area contributed by atoms with Crippen LogP contribution in [0.2, 0.25) is 4.63 Å². The van der Waals surface area contributed by atoms with Gasteiger partial charge in [-0.3, -0.25) is 0 Å². The van der Waals surface area contributed by atoms with Crippen molar-refractivity contribution in [1.82, 2.24) is 4.90 Å². The molecule has 0 bridgehead atoms. The molecule has 0 amide bonds. The van der Waals surface area contributed by atoms with E-state index in [0.29, 0.717) is 0 Å². The Balaban J connectivity index is 2.16. The summed E-state index contributed by atoms with van der Waals surface area (Å²) in [7, 11) is 0. The van der Waals surface area contributed by atoms with Crippen LogP contribution in [0.4, 0.5) is 0 Å². The van der Waals surface area contributed by atoms with Crippen molar-refractivity contribution in [3.63, 3.8) is 0 Å². The first-order chi connectivity index (χ1) is 9.97. The van der Waals surface area contributed by atoms with Crippen molar-refractivity contribution in [3.05, 3.63) is 59.7 Å². The Kier molecular flexibility index (Phi) is 4.21. The Morgan fingerprint density at radius 1 is 0.810 bits per heavy atom. The Morgan fingerprint density at radius 3 is 1.67 bits per heavy atom. The summed E-state index contributed by atoms with van der Waals surface area (Å²) in [6, 6.07) is 18.3. The Hall–Kier alpha value is -0.717. The molecule has 1 heterocycles. The SMILES string of the molecule is [CH3][Bi]1[c]2ccccc2CN(C(C)(C)C)Cc2cccc[c]21. The molecule has 0 atom stereocenters. The van der Waals surface area contributed by atoms with Gasteiger partial charge >= 0.3 is 137 Å². The molecule has 0 saturated heterocycles. The van der Waals surface area contributed by atoms with Gasteiger partial charge in [0.25, 0.3) is 0 Å². The van der Waals surface area contributed by atoms with Gasteiger partial charge in [-0.05, 0) is 0 Å². The Labute approximate surface area is 136 Å². The van der Waals surface area contributed by atoms with E-state index < -0.39 is 21.8 Å². The topological polar surface area (TPSA) is 3.24 Å². The van der Waals surface area contributed by atoms with Crippen LogP contribution in [0.25, 0.3) is 0 Å². The van der Waals surface area contributed by atoms with Gasteiger partial charge in [0, 0.05) is 0 Å². The van der Waals surface area contributed by atoms with Crippen LogP contribution in [-0.2, 0) is 13.1 Å². The third-order valence-corrected chi connectivity index (χ3v) is 13.4. The van der Waals surface area contributed by atoms with Gasteiger partial charge in [0.05, 0.1) is 0 Å². The monoisotopic (exact) mass is 475 g/mol. The predicted molar refractivity (Wildman–Crippen MR) is 92.8 cm³/mol. The fourth-order valence-corrected chi connectivity index (χ4v) is 10.9. The van der Waals surface area contributed by atoms with Gasteiger partial charge in [0.15, 0.2) is 0 Å². The first-order valence-electron chi connectivity index (χ1n) is 7.61. The summed E-state index contributed by atoms with van der Waals surface area (Å²) in [4.78, 5) is 2.61. The molecule has 1 nitrogen and oxygen atoms in total. The number of benzene rings is 2. The van der Waals surface area contributed by atoms with Crippen molar-refractivity contribution in [2.24, 2.45) is 0 Å². The number of fused-ring (bicyclic) bond motifs is 2. The van der Waals surface area contributed by atoms with Gasteiger partial charge in [-0.2, -0.15) is 0 Å². The van der Waals surface area contributed by atoms with Gasteiger partial charge in [0.2, 0.25) is 0 Å². The third-order valence-electron chi connectivity index (χ3n) is 4.38. The molecule has 2 aromatic carbocycles. The van der Waals surface area contributed by atoms with Crippen molar-refractivity contribution in [2.75, 3.05) is 0 Å². The van der Waals surface area contributed by atoms with Crippen molar-refractivity contribution >= 4 is 28.3 Å². The van der Waals surface area contributed by atoms with Crippen LogP contribution < -0.4 is 6.54 Å². The quantitative estimate of drug-likeness (QED) is 0.530. The number of hydrogen-bond donors (Lipinski definition) is 0. The van der Waals surface area contributed by atoms with Crippen molar-refractivity contribution in [1.29, 1.82) is 0 Å². The normalized spacial score (nSPS) is 16.8. The van der Waals surface area contributed by atoms with Crippen LogP contribution in [0.1, 0.15) is 31.9 Å². The van der Waals surface area contributed by atoms with E-state index in [1.807, 2.05) is 0 Å². The van der Waals surface area contributed by atoms with E-state index in [1.165, 1.54) is 0 Å². The van der Waals surface area contributed by atoms with Crippen LogP contribution in [0.5, 0.6) is 0 Å². The summed E-state index contributed by atoms with van der Waals surface area (Å²) in [6.45, 7) is 9.13. The molecule has 0 aromatic heterocycles. The second kappa shape index (κ2) is 5.82. The van der Waals surface area contributed by atoms with Crippen LogP contribution >= 0.6 is 0 Å². The zero-order valence-electron chi connectivity index (χ0n) is 13.4. The van der Waals surface area contributed by atoms with E-state index in [4.69, 9.17) is 0 Å². The minimum atomic E-state index is -1.79. The summed E-state index contributed by atoms with van der Waals surface area (Å²) in [5.74, 6) is 0. The maximum absolute atomic E-state index is 2.61. The minimum absolute atomic E-state index is 0.190. The second-order valence-electron chi connectivity index (χ2n) is 6.84. The molecule has 2 aromatic rings. The summed E-state index contributed by atoms with van der Waals surface area (Å²) < 4.78 is 5.89.